The molecule has 0 amide bonds. The molecule has 0 aliphatic heterocycles. The quantitative estimate of drug-likeness (QED) is 0.777. The minimum Gasteiger partial charge on any atom is -0.472 e. The Balaban J connectivity index is 1.92. The van der Waals surface area contributed by atoms with E-state index in [1.54, 1.807) is 24.7 Å². The lowest BCUT2D eigenvalue weighted by Crippen LogP contribution is -2.13. The molecule has 0 bridgehead atoms. The molecular formula is C12H13FN2O. The monoisotopic (exact) mass is 220 g/mol. The van der Waals surface area contributed by atoms with Gasteiger partial charge in [-0.05, 0) is 17.7 Å². The van der Waals surface area contributed by atoms with E-state index in [-0.39, 0.29) is 11.5 Å². The number of hydrogen-bond acceptors (Lipinski definition) is 3. The molecule has 3 N–H and O–H groups in total. The predicted octanol–water partition coefficient (Wildman–Crippen LogP) is 2.29. The summed E-state index contributed by atoms with van der Waals surface area (Å²) in [4.78, 5) is 0. The van der Waals surface area contributed by atoms with E-state index < -0.39 is 0 Å². The van der Waals surface area contributed by atoms with E-state index >= 15 is 0 Å². The van der Waals surface area contributed by atoms with Crippen molar-refractivity contribution in [3.63, 3.8) is 0 Å². The molecule has 1 aromatic carbocycles. The van der Waals surface area contributed by atoms with Crippen molar-refractivity contribution in [3.8, 4) is 0 Å². The van der Waals surface area contributed by atoms with E-state index in [1.807, 2.05) is 6.07 Å². The van der Waals surface area contributed by atoms with E-state index in [1.165, 1.54) is 6.07 Å². The first kappa shape index (κ1) is 10.7. The van der Waals surface area contributed by atoms with Gasteiger partial charge in [0.2, 0.25) is 0 Å². The SMILES string of the molecule is Nc1c(F)cccc1CNCc1ccoc1. The average Bonchev–Trinajstić information content (AvgIpc) is 2.77. The second-order valence-corrected chi connectivity index (χ2v) is 3.55. The highest BCUT2D eigenvalue weighted by molar-refractivity contribution is 5.47. The van der Waals surface area contributed by atoms with Gasteiger partial charge in [0.05, 0.1) is 18.2 Å². The molecule has 0 saturated carbocycles. The van der Waals surface area contributed by atoms with Crippen LogP contribution in [0.3, 0.4) is 0 Å². The lowest BCUT2D eigenvalue weighted by molar-refractivity contribution is 0.560. The van der Waals surface area contributed by atoms with Gasteiger partial charge in [0.1, 0.15) is 5.82 Å². The molecule has 3 nitrogen and oxygen atoms in total. The third-order valence-electron chi connectivity index (χ3n) is 2.37. The summed E-state index contributed by atoms with van der Waals surface area (Å²) in [5, 5.41) is 3.17. The van der Waals surface area contributed by atoms with Gasteiger partial charge < -0.3 is 15.5 Å². The fraction of sp³-hybridized carbons (Fsp3) is 0.167. The van der Waals surface area contributed by atoms with Crippen molar-refractivity contribution in [2.45, 2.75) is 13.1 Å². The van der Waals surface area contributed by atoms with Crippen LogP contribution in [0, 0.1) is 5.82 Å². The van der Waals surface area contributed by atoms with Gasteiger partial charge in [-0.15, -0.1) is 0 Å². The molecule has 0 fully saturated rings. The second kappa shape index (κ2) is 4.81. The van der Waals surface area contributed by atoms with Crippen molar-refractivity contribution >= 4 is 5.69 Å². The molecule has 0 aliphatic rings. The van der Waals surface area contributed by atoms with Crippen LogP contribution in [-0.4, -0.2) is 0 Å². The first-order chi connectivity index (χ1) is 7.77. The summed E-state index contributed by atoms with van der Waals surface area (Å²) in [6, 6.07) is 6.69. The fourth-order valence-corrected chi connectivity index (χ4v) is 1.47. The Morgan fingerprint density at radius 1 is 1.25 bits per heavy atom. The van der Waals surface area contributed by atoms with E-state index in [0.717, 1.165) is 11.1 Å². The van der Waals surface area contributed by atoms with Crippen LogP contribution in [0.5, 0.6) is 0 Å². The highest BCUT2D eigenvalue weighted by Gasteiger charge is 2.03. The van der Waals surface area contributed by atoms with Crippen LogP contribution in [0.15, 0.2) is 41.2 Å². The van der Waals surface area contributed by atoms with Crippen LogP contribution in [0.1, 0.15) is 11.1 Å². The minimum absolute atomic E-state index is 0.210. The number of halogens is 1. The summed E-state index contributed by atoms with van der Waals surface area (Å²) < 4.78 is 18.0. The fourth-order valence-electron chi connectivity index (χ4n) is 1.47. The summed E-state index contributed by atoms with van der Waals surface area (Å²) >= 11 is 0. The normalized spacial score (nSPS) is 10.6. The number of rotatable bonds is 4. The number of furan rings is 1. The van der Waals surface area contributed by atoms with Crippen LogP contribution >= 0.6 is 0 Å². The molecule has 2 rings (SSSR count). The second-order valence-electron chi connectivity index (χ2n) is 3.55. The first-order valence-electron chi connectivity index (χ1n) is 5.02. The molecule has 84 valence electrons. The van der Waals surface area contributed by atoms with Crippen molar-refractivity contribution in [1.82, 2.24) is 5.32 Å². The lowest BCUT2D eigenvalue weighted by atomic mass is 10.1. The summed E-state index contributed by atoms with van der Waals surface area (Å²) in [6.07, 6.45) is 3.29. The molecule has 0 unspecified atom stereocenters. The molecule has 0 atom stereocenters. The smallest absolute Gasteiger partial charge is 0.146 e. The van der Waals surface area contributed by atoms with Gasteiger partial charge in [-0.2, -0.15) is 0 Å². The maximum atomic E-state index is 13.1. The maximum Gasteiger partial charge on any atom is 0.146 e. The van der Waals surface area contributed by atoms with E-state index in [0.29, 0.717) is 13.1 Å². The van der Waals surface area contributed by atoms with Crippen LogP contribution < -0.4 is 11.1 Å². The van der Waals surface area contributed by atoms with Gasteiger partial charge in [0.15, 0.2) is 0 Å². The van der Waals surface area contributed by atoms with E-state index in [2.05, 4.69) is 5.32 Å². The summed E-state index contributed by atoms with van der Waals surface area (Å²) in [6.45, 7) is 1.21. The summed E-state index contributed by atoms with van der Waals surface area (Å²) in [5.41, 5.74) is 7.64. The number of nitrogen functional groups attached to an aromatic ring is 1. The molecular weight excluding hydrogens is 207 g/mol. The van der Waals surface area contributed by atoms with Crippen LogP contribution in [-0.2, 0) is 13.1 Å². The third-order valence-corrected chi connectivity index (χ3v) is 2.37. The van der Waals surface area contributed by atoms with E-state index in [9.17, 15) is 4.39 Å². The zero-order chi connectivity index (χ0) is 11.4. The van der Waals surface area contributed by atoms with Crippen molar-refractivity contribution in [1.29, 1.82) is 0 Å². The van der Waals surface area contributed by atoms with E-state index in [4.69, 9.17) is 10.2 Å². The van der Waals surface area contributed by atoms with Crippen LogP contribution in [0.4, 0.5) is 10.1 Å². The maximum absolute atomic E-state index is 13.1. The largest absolute Gasteiger partial charge is 0.472 e. The van der Waals surface area contributed by atoms with Crippen molar-refractivity contribution in [2.24, 2.45) is 0 Å². The van der Waals surface area contributed by atoms with Crippen molar-refractivity contribution in [3.05, 3.63) is 53.7 Å². The summed E-state index contributed by atoms with van der Waals surface area (Å²) in [7, 11) is 0. The molecule has 2 aromatic rings. The standard InChI is InChI=1S/C12H13FN2O/c13-11-3-1-2-10(12(11)14)7-15-6-9-4-5-16-8-9/h1-5,8,15H,6-7,14H2. The number of anilines is 1. The molecule has 0 saturated heterocycles. The zero-order valence-electron chi connectivity index (χ0n) is 8.74. The number of hydrogen-bond donors (Lipinski definition) is 2. The van der Waals surface area contributed by atoms with Gasteiger partial charge in [-0.3, -0.25) is 0 Å². The molecule has 0 spiro atoms. The average molecular weight is 220 g/mol. The molecule has 0 aliphatic carbocycles. The minimum atomic E-state index is -0.373. The molecule has 1 aromatic heterocycles. The Labute approximate surface area is 93.1 Å². The van der Waals surface area contributed by atoms with Crippen molar-refractivity contribution < 1.29 is 8.81 Å². The van der Waals surface area contributed by atoms with Gasteiger partial charge in [-0.1, -0.05) is 12.1 Å². The predicted molar refractivity (Wildman–Crippen MR) is 60.1 cm³/mol. The number of benzene rings is 1. The Kier molecular flexibility index (Phi) is 3.22. The Hall–Kier alpha value is -1.81. The molecule has 16 heavy (non-hydrogen) atoms. The number of nitrogens with one attached hydrogen (secondary N) is 1. The highest BCUT2D eigenvalue weighted by atomic mass is 19.1. The van der Waals surface area contributed by atoms with Crippen LogP contribution in [0.25, 0.3) is 0 Å². The third kappa shape index (κ3) is 2.41. The molecule has 0 radical (unpaired) electrons. The molecule has 4 heteroatoms. The topological polar surface area (TPSA) is 51.2 Å². The first-order valence-corrected chi connectivity index (χ1v) is 5.02. The van der Waals surface area contributed by atoms with Gasteiger partial charge >= 0.3 is 0 Å². The van der Waals surface area contributed by atoms with Gasteiger partial charge in [0, 0.05) is 18.7 Å². The number of nitrogens with two attached hydrogens (primary N) is 1. The molecule has 1 heterocycles. The Morgan fingerprint density at radius 3 is 2.88 bits per heavy atom. The summed E-state index contributed by atoms with van der Waals surface area (Å²) in [5.74, 6) is -0.373. The van der Waals surface area contributed by atoms with Crippen LogP contribution in [0.2, 0.25) is 0 Å². The van der Waals surface area contributed by atoms with Gasteiger partial charge in [-0.25, -0.2) is 4.39 Å². The zero-order valence-corrected chi connectivity index (χ0v) is 8.74. The Bertz CT molecular complexity index is 454. The lowest BCUT2D eigenvalue weighted by Gasteiger charge is -2.07. The van der Waals surface area contributed by atoms with Gasteiger partial charge in [0.25, 0.3) is 0 Å². The number of para-hydroxylation sites is 1. The Morgan fingerprint density at radius 2 is 2.12 bits per heavy atom. The van der Waals surface area contributed by atoms with Crippen molar-refractivity contribution in [2.75, 3.05) is 5.73 Å². The highest BCUT2D eigenvalue weighted by Crippen LogP contribution is 2.15.